The fraction of sp³-hybridized carbons (Fsp3) is 0.526. The van der Waals surface area contributed by atoms with Crippen molar-refractivity contribution in [2.24, 2.45) is 5.92 Å². The van der Waals surface area contributed by atoms with Gasteiger partial charge in [-0.25, -0.2) is 9.59 Å². The van der Waals surface area contributed by atoms with Crippen molar-refractivity contribution < 1.29 is 23.9 Å². The molecule has 1 N–H and O–H groups in total. The third-order valence-electron chi connectivity index (χ3n) is 4.50. The summed E-state index contributed by atoms with van der Waals surface area (Å²) in [5, 5.41) is 2.85. The molecule has 1 aliphatic rings. The van der Waals surface area contributed by atoms with Gasteiger partial charge in [-0.2, -0.15) is 0 Å². The van der Waals surface area contributed by atoms with E-state index in [1.54, 1.807) is 12.1 Å². The number of esters is 2. The molecule has 6 nitrogen and oxygen atoms in total. The largest absolute Gasteiger partial charge is 0.465 e. The van der Waals surface area contributed by atoms with E-state index in [9.17, 15) is 14.4 Å². The number of rotatable bonds is 6. The lowest BCUT2D eigenvalue weighted by molar-refractivity contribution is -0.129. The van der Waals surface area contributed by atoms with Gasteiger partial charge in [0.05, 0.1) is 18.2 Å². The number of amides is 1. The molecule has 1 aromatic carbocycles. The van der Waals surface area contributed by atoms with Crippen LogP contribution < -0.4 is 5.32 Å². The molecule has 0 aromatic heterocycles. The van der Waals surface area contributed by atoms with Crippen molar-refractivity contribution in [2.75, 3.05) is 13.7 Å². The van der Waals surface area contributed by atoms with Crippen LogP contribution in [0.25, 0.3) is 0 Å². The molecule has 25 heavy (non-hydrogen) atoms. The van der Waals surface area contributed by atoms with Crippen LogP contribution in [0.4, 0.5) is 0 Å². The van der Waals surface area contributed by atoms with Gasteiger partial charge in [0, 0.05) is 6.54 Å². The maximum Gasteiger partial charge on any atom is 0.339 e. The summed E-state index contributed by atoms with van der Waals surface area (Å²) in [5.41, 5.74) is 0.200. The van der Waals surface area contributed by atoms with E-state index in [1.807, 2.05) is 0 Å². The van der Waals surface area contributed by atoms with E-state index >= 15 is 0 Å². The summed E-state index contributed by atoms with van der Waals surface area (Å²) in [4.78, 5) is 36.2. The van der Waals surface area contributed by atoms with Crippen molar-refractivity contribution in [1.82, 2.24) is 5.32 Å². The molecular weight excluding hydrogens is 322 g/mol. The van der Waals surface area contributed by atoms with Crippen LogP contribution in [0.2, 0.25) is 0 Å². The van der Waals surface area contributed by atoms with Crippen molar-refractivity contribution >= 4 is 17.8 Å². The first-order chi connectivity index (χ1) is 12.0. The van der Waals surface area contributed by atoms with Crippen LogP contribution in [-0.2, 0) is 14.3 Å². The van der Waals surface area contributed by atoms with Gasteiger partial charge in [0.15, 0.2) is 6.10 Å². The molecule has 1 fully saturated rings. The summed E-state index contributed by atoms with van der Waals surface area (Å²) in [7, 11) is 1.24. The van der Waals surface area contributed by atoms with E-state index in [4.69, 9.17) is 4.74 Å². The molecule has 1 unspecified atom stereocenters. The number of methoxy groups -OCH3 is 1. The minimum atomic E-state index is -0.929. The van der Waals surface area contributed by atoms with E-state index in [0.717, 1.165) is 12.8 Å². The Kier molecular flexibility index (Phi) is 6.98. The standard InChI is InChI=1S/C19H25NO5/c1-13(17(21)20-12-14-8-4-3-5-9-14)25-19(23)16-11-7-6-10-15(16)18(22)24-2/h6-7,10-11,13-14H,3-5,8-9,12H2,1-2H3,(H,20,21). The molecule has 0 heterocycles. The van der Waals surface area contributed by atoms with Crippen LogP contribution in [0.15, 0.2) is 24.3 Å². The number of hydrogen-bond acceptors (Lipinski definition) is 5. The smallest absolute Gasteiger partial charge is 0.339 e. The quantitative estimate of drug-likeness (QED) is 0.800. The minimum Gasteiger partial charge on any atom is -0.465 e. The summed E-state index contributed by atoms with van der Waals surface area (Å²) in [6.07, 6.45) is 4.99. The van der Waals surface area contributed by atoms with E-state index < -0.39 is 18.0 Å². The molecule has 1 aliphatic carbocycles. The van der Waals surface area contributed by atoms with Gasteiger partial charge in [-0.1, -0.05) is 31.4 Å². The monoisotopic (exact) mass is 347 g/mol. The van der Waals surface area contributed by atoms with Crippen LogP contribution in [0.5, 0.6) is 0 Å². The summed E-state index contributed by atoms with van der Waals surface area (Å²) in [6, 6.07) is 6.21. The van der Waals surface area contributed by atoms with Gasteiger partial charge in [-0.15, -0.1) is 0 Å². The maximum absolute atomic E-state index is 12.3. The third kappa shape index (κ3) is 5.31. The molecule has 6 heteroatoms. The molecule has 136 valence electrons. The molecule has 0 radical (unpaired) electrons. The number of carbonyl (C=O) groups is 3. The summed E-state index contributed by atoms with van der Waals surface area (Å²) >= 11 is 0. The lowest BCUT2D eigenvalue weighted by Gasteiger charge is -2.22. The van der Waals surface area contributed by atoms with E-state index in [-0.39, 0.29) is 17.0 Å². The van der Waals surface area contributed by atoms with Gasteiger partial charge < -0.3 is 14.8 Å². The molecule has 0 aliphatic heterocycles. The summed E-state index contributed by atoms with van der Waals surface area (Å²) in [6.45, 7) is 2.13. The van der Waals surface area contributed by atoms with Crippen molar-refractivity contribution in [3.8, 4) is 0 Å². The van der Waals surface area contributed by atoms with Gasteiger partial charge in [0.25, 0.3) is 5.91 Å². The lowest BCUT2D eigenvalue weighted by atomic mass is 9.89. The number of nitrogens with one attached hydrogen (secondary N) is 1. The van der Waals surface area contributed by atoms with E-state index in [0.29, 0.717) is 12.5 Å². The average molecular weight is 347 g/mol. The molecule has 1 atom stereocenters. The van der Waals surface area contributed by atoms with Crippen molar-refractivity contribution in [3.63, 3.8) is 0 Å². The highest BCUT2D eigenvalue weighted by molar-refractivity contribution is 6.03. The first kappa shape index (κ1) is 19.0. The fourth-order valence-electron chi connectivity index (χ4n) is 3.01. The van der Waals surface area contributed by atoms with Crippen LogP contribution >= 0.6 is 0 Å². The Hall–Kier alpha value is -2.37. The number of ether oxygens (including phenoxy) is 2. The zero-order valence-corrected chi connectivity index (χ0v) is 14.7. The number of carbonyl (C=O) groups excluding carboxylic acids is 3. The number of hydrogen-bond donors (Lipinski definition) is 1. The predicted molar refractivity (Wildman–Crippen MR) is 92.2 cm³/mol. The van der Waals surface area contributed by atoms with E-state index in [2.05, 4.69) is 10.1 Å². The normalized spacial score (nSPS) is 15.9. The molecule has 1 amide bonds. The molecule has 0 bridgehead atoms. The molecule has 1 saturated carbocycles. The van der Waals surface area contributed by atoms with Crippen LogP contribution in [0, 0.1) is 5.92 Å². The first-order valence-electron chi connectivity index (χ1n) is 8.69. The van der Waals surface area contributed by atoms with Crippen LogP contribution in [0.3, 0.4) is 0 Å². The zero-order chi connectivity index (χ0) is 18.2. The predicted octanol–water partition coefficient (Wildman–Crippen LogP) is 2.72. The van der Waals surface area contributed by atoms with Crippen molar-refractivity contribution in [1.29, 1.82) is 0 Å². The maximum atomic E-state index is 12.3. The first-order valence-corrected chi connectivity index (χ1v) is 8.69. The zero-order valence-electron chi connectivity index (χ0n) is 14.7. The summed E-state index contributed by atoms with van der Waals surface area (Å²) in [5.74, 6) is -1.17. The second-order valence-corrected chi connectivity index (χ2v) is 6.33. The highest BCUT2D eigenvalue weighted by Gasteiger charge is 2.24. The minimum absolute atomic E-state index is 0.0845. The topological polar surface area (TPSA) is 81.7 Å². The highest BCUT2D eigenvalue weighted by Crippen LogP contribution is 2.22. The van der Waals surface area contributed by atoms with Gasteiger partial charge in [-0.3, -0.25) is 4.79 Å². The Morgan fingerprint density at radius 2 is 1.68 bits per heavy atom. The lowest BCUT2D eigenvalue weighted by Crippen LogP contribution is -2.38. The Bertz CT molecular complexity index is 622. The van der Waals surface area contributed by atoms with Crippen LogP contribution in [0.1, 0.15) is 59.7 Å². The second-order valence-electron chi connectivity index (χ2n) is 6.33. The Balaban J connectivity index is 1.91. The fourth-order valence-corrected chi connectivity index (χ4v) is 3.01. The molecular formula is C19H25NO5. The van der Waals surface area contributed by atoms with Gasteiger partial charge in [0.1, 0.15) is 0 Å². The molecule has 2 rings (SSSR count). The molecule has 0 saturated heterocycles. The highest BCUT2D eigenvalue weighted by atomic mass is 16.5. The Morgan fingerprint density at radius 1 is 1.08 bits per heavy atom. The third-order valence-corrected chi connectivity index (χ3v) is 4.50. The van der Waals surface area contributed by atoms with Gasteiger partial charge in [0.2, 0.25) is 0 Å². The number of benzene rings is 1. The second kappa shape index (κ2) is 9.20. The van der Waals surface area contributed by atoms with Crippen LogP contribution in [-0.4, -0.2) is 37.6 Å². The van der Waals surface area contributed by atoms with E-state index in [1.165, 1.54) is 45.4 Å². The molecule has 0 spiro atoms. The Labute approximate surface area is 147 Å². The SMILES string of the molecule is COC(=O)c1ccccc1C(=O)OC(C)C(=O)NCC1CCCCC1. The van der Waals surface area contributed by atoms with Crippen molar-refractivity contribution in [2.45, 2.75) is 45.1 Å². The molecule has 1 aromatic rings. The Morgan fingerprint density at radius 3 is 2.28 bits per heavy atom. The van der Waals surface area contributed by atoms with Gasteiger partial charge in [-0.05, 0) is 37.8 Å². The average Bonchev–Trinajstić information content (AvgIpc) is 2.66. The summed E-state index contributed by atoms with van der Waals surface area (Å²) < 4.78 is 9.87. The van der Waals surface area contributed by atoms with Gasteiger partial charge >= 0.3 is 11.9 Å². The van der Waals surface area contributed by atoms with Crippen molar-refractivity contribution in [3.05, 3.63) is 35.4 Å².